The zero-order valence-corrected chi connectivity index (χ0v) is 18.7. The van der Waals surface area contributed by atoms with Crippen molar-refractivity contribution in [3.8, 4) is 0 Å². The van der Waals surface area contributed by atoms with Crippen LogP contribution in [0, 0.1) is 11.8 Å². The number of benzene rings is 2. The molecule has 0 radical (unpaired) electrons. The average Bonchev–Trinajstić information content (AvgIpc) is 2.76. The van der Waals surface area contributed by atoms with Crippen molar-refractivity contribution in [2.24, 2.45) is 11.8 Å². The number of carbonyl (C=O) groups is 1. The zero-order chi connectivity index (χ0) is 21.2. The van der Waals surface area contributed by atoms with Gasteiger partial charge >= 0.3 is 6.16 Å². The molecule has 7 rings (SSSR count). The normalized spacial score (nSPS) is 33.0. The van der Waals surface area contributed by atoms with E-state index in [2.05, 4.69) is 48.6 Å². The Hall–Kier alpha value is -1.97. The van der Waals surface area contributed by atoms with Gasteiger partial charge in [-0.15, -0.1) is 0 Å². The third kappa shape index (κ3) is 3.04. The van der Waals surface area contributed by atoms with Crippen LogP contribution in [0.4, 0.5) is 4.79 Å². The molecule has 0 amide bonds. The van der Waals surface area contributed by atoms with Crippen molar-refractivity contribution in [3.63, 3.8) is 0 Å². The molecule has 2 bridgehead atoms. The first kappa shape index (κ1) is 19.7. The van der Waals surface area contributed by atoms with E-state index in [0.717, 1.165) is 12.8 Å². The number of fused-ring (bicyclic) bond motifs is 3. The van der Waals surface area contributed by atoms with E-state index in [1.165, 1.54) is 45.9 Å². The molecule has 160 valence electrons. The summed E-state index contributed by atoms with van der Waals surface area (Å²) >= 11 is 12.7. The summed E-state index contributed by atoms with van der Waals surface area (Å²) in [6.45, 7) is 0. The van der Waals surface area contributed by atoms with E-state index in [1.54, 1.807) is 0 Å². The molecular weight excluding hydrogens is 431 g/mol. The number of ether oxygens (including phenoxy) is 2. The van der Waals surface area contributed by atoms with Gasteiger partial charge in [-0.25, -0.2) is 4.79 Å². The largest absolute Gasteiger partial charge is 0.511 e. The van der Waals surface area contributed by atoms with Crippen LogP contribution in [0.5, 0.6) is 0 Å². The van der Waals surface area contributed by atoms with Gasteiger partial charge in [-0.2, -0.15) is 0 Å². The van der Waals surface area contributed by atoms with Crippen molar-refractivity contribution in [3.05, 3.63) is 70.8 Å². The molecule has 1 saturated carbocycles. The summed E-state index contributed by atoms with van der Waals surface area (Å²) in [5.41, 5.74) is 5.30. The Morgan fingerprint density at radius 2 is 1.90 bits per heavy atom. The van der Waals surface area contributed by atoms with Gasteiger partial charge in [0, 0.05) is 6.42 Å². The van der Waals surface area contributed by atoms with E-state index in [9.17, 15) is 4.79 Å². The molecule has 2 aromatic carbocycles. The third-order valence-corrected chi connectivity index (χ3v) is 8.30. The van der Waals surface area contributed by atoms with Crippen LogP contribution in [-0.4, -0.2) is 17.3 Å². The summed E-state index contributed by atoms with van der Waals surface area (Å²) in [5, 5.41) is 1.27. The number of rotatable bonds is 2. The zero-order valence-electron chi connectivity index (χ0n) is 17.2. The van der Waals surface area contributed by atoms with E-state index in [1.807, 2.05) is 0 Å². The summed E-state index contributed by atoms with van der Waals surface area (Å²) in [6.07, 6.45) is 9.38. The maximum absolute atomic E-state index is 12.3. The Morgan fingerprint density at radius 1 is 1.13 bits per heavy atom. The second-order valence-electron chi connectivity index (χ2n) is 9.28. The summed E-state index contributed by atoms with van der Waals surface area (Å²) in [5.74, 6) is 1.12. The van der Waals surface area contributed by atoms with E-state index < -0.39 is 11.2 Å². The molecule has 5 atom stereocenters. The van der Waals surface area contributed by atoms with Gasteiger partial charge < -0.3 is 9.47 Å². The molecule has 5 aliphatic carbocycles. The van der Waals surface area contributed by atoms with E-state index in [4.69, 9.17) is 32.7 Å². The van der Waals surface area contributed by atoms with Crippen LogP contribution in [-0.2, 0) is 9.47 Å². The summed E-state index contributed by atoms with van der Waals surface area (Å²) in [6, 6.07) is 12.8. The molecule has 5 aliphatic rings. The molecule has 0 spiro atoms. The van der Waals surface area contributed by atoms with Crippen LogP contribution < -0.4 is 0 Å². The van der Waals surface area contributed by atoms with E-state index in [-0.39, 0.29) is 17.9 Å². The monoisotopic (exact) mass is 454 g/mol. The van der Waals surface area contributed by atoms with Gasteiger partial charge in [0.1, 0.15) is 0 Å². The maximum Gasteiger partial charge on any atom is 0.511 e. The van der Waals surface area contributed by atoms with Gasteiger partial charge in [-0.05, 0) is 70.9 Å². The van der Waals surface area contributed by atoms with Gasteiger partial charge in [0.2, 0.25) is 0 Å². The van der Waals surface area contributed by atoms with Gasteiger partial charge in [0.05, 0.1) is 5.92 Å². The summed E-state index contributed by atoms with van der Waals surface area (Å²) < 4.78 is 10.7. The van der Waals surface area contributed by atoms with E-state index in [0.29, 0.717) is 18.3 Å². The van der Waals surface area contributed by atoms with Crippen LogP contribution >= 0.6 is 23.2 Å². The Bertz CT molecular complexity index is 1140. The molecule has 1 fully saturated rings. The minimum Gasteiger partial charge on any atom is -0.418 e. The molecule has 3 nitrogen and oxygen atoms in total. The first-order valence-corrected chi connectivity index (χ1v) is 12.0. The summed E-state index contributed by atoms with van der Waals surface area (Å²) in [7, 11) is 0. The molecule has 0 N–H and O–H groups in total. The van der Waals surface area contributed by atoms with Crippen LogP contribution in [0.2, 0.25) is 0 Å². The van der Waals surface area contributed by atoms with Gasteiger partial charge in [-0.3, -0.25) is 0 Å². The van der Waals surface area contributed by atoms with Crippen molar-refractivity contribution in [2.45, 2.75) is 49.0 Å². The predicted molar refractivity (Wildman–Crippen MR) is 123 cm³/mol. The fraction of sp³-hybridized carbons (Fsp3) is 0.423. The highest BCUT2D eigenvalue weighted by Gasteiger charge is 2.59. The van der Waals surface area contributed by atoms with E-state index >= 15 is 0 Å². The Morgan fingerprint density at radius 3 is 2.68 bits per heavy atom. The second-order valence-corrected chi connectivity index (χ2v) is 10.1. The molecule has 5 unspecified atom stereocenters. The van der Waals surface area contributed by atoms with Crippen molar-refractivity contribution in [1.82, 2.24) is 0 Å². The van der Waals surface area contributed by atoms with Crippen molar-refractivity contribution in [1.29, 1.82) is 0 Å². The smallest absolute Gasteiger partial charge is 0.418 e. The number of alkyl halides is 2. The first-order valence-electron chi connectivity index (χ1n) is 11.1. The van der Waals surface area contributed by atoms with Crippen molar-refractivity contribution >= 4 is 40.1 Å². The topological polar surface area (TPSA) is 35.5 Å². The molecule has 5 heteroatoms. The van der Waals surface area contributed by atoms with Crippen LogP contribution in [0.15, 0.2) is 59.7 Å². The molecule has 0 aliphatic heterocycles. The van der Waals surface area contributed by atoms with Crippen LogP contribution in [0.3, 0.4) is 0 Å². The minimum absolute atomic E-state index is 0.185. The quantitative estimate of drug-likeness (QED) is 0.350. The molecule has 0 saturated heterocycles. The van der Waals surface area contributed by atoms with Crippen LogP contribution in [0.25, 0.3) is 10.8 Å². The Balaban J connectivity index is 1.53. The van der Waals surface area contributed by atoms with Crippen LogP contribution in [0.1, 0.15) is 55.1 Å². The number of hydrogen-bond acceptors (Lipinski definition) is 3. The second kappa shape index (κ2) is 7.28. The standard InChI is InChI=1S/C26H24Cl2O3/c27-14-30-25(29)31-26(28)13-23-19-9-15-5-1-3-7-17(15)11-21(19)24(26)22-12-18-8-4-2-6-16(18)10-20(22)23/h1,3,5,7-9,11-12,16,20,23-24H,2,4,6,10,13-14H2. The SMILES string of the molecule is O=C(OCCl)OC1(Cl)CC2c3cc4ccccc4cc3C1C1=CC3=CCCCC3CC12. The first-order chi connectivity index (χ1) is 15.1. The van der Waals surface area contributed by atoms with Gasteiger partial charge in [0.15, 0.2) is 11.1 Å². The lowest BCUT2D eigenvalue weighted by Crippen LogP contribution is -2.50. The third-order valence-electron chi connectivity index (χ3n) is 7.74. The van der Waals surface area contributed by atoms with Crippen molar-refractivity contribution in [2.75, 3.05) is 6.07 Å². The average molecular weight is 455 g/mol. The molecule has 2 aromatic rings. The number of carbonyl (C=O) groups excluding carboxylic acids is 1. The highest BCUT2D eigenvalue weighted by molar-refractivity contribution is 6.24. The molecule has 0 aromatic heterocycles. The van der Waals surface area contributed by atoms with Gasteiger partial charge in [0.25, 0.3) is 0 Å². The fourth-order valence-electron chi connectivity index (χ4n) is 6.54. The number of allylic oxidation sites excluding steroid dienone is 3. The number of hydrogen-bond donors (Lipinski definition) is 0. The Labute approximate surface area is 192 Å². The fourth-order valence-corrected chi connectivity index (χ4v) is 7.10. The predicted octanol–water partition coefficient (Wildman–Crippen LogP) is 7.38. The number of halogens is 2. The summed E-state index contributed by atoms with van der Waals surface area (Å²) in [4.78, 5) is 12.3. The lowest BCUT2D eigenvalue weighted by Gasteiger charge is -2.55. The molecule has 31 heavy (non-hydrogen) atoms. The Kier molecular flexibility index (Phi) is 4.63. The minimum atomic E-state index is -1.16. The van der Waals surface area contributed by atoms with Gasteiger partial charge in [-0.1, -0.05) is 77.3 Å². The lowest BCUT2D eigenvalue weighted by atomic mass is 9.53. The lowest BCUT2D eigenvalue weighted by molar-refractivity contribution is -0.0203. The molecular formula is C26H24Cl2O3. The van der Waals surface area contributed by atoms with Crippen molar-refractivity contribution < 1.29 is 14.3 Å². The maximum atomic E-state index is 12.3. The highest BCUT2D eigenvalue weighted by atomic mass is 35.5. The highest BCUT2D eigenvalue weighted by Crippen LogP contribution is 2.65. The molecule has 0 heterocycles.